The number of carbonyl (C=O) groups is 1. The van der Waals surface area contributed by atoms with E-state index in [0.29, 0.717) is 11.1 Å². The summed E-state index contributed by atoms with van der Waals surface area (Å²) in [6, 6.07) is 4.96. The Kier molecular flexibility index (Phi) is 4.87. The van der Waals surface area contributed by atoms with E-state index in [1.54, 1.807) is 51.4 Å². The Bertz CT molecular complexity index is 1050. The first-order chi connectivity index (χ1) is 13.2. The molecule has 0 aliphatic heterocycles. The SMILES string of the molecule is COc1ncnc(Oc2ccc3cn(C(=O)OC(C)(C)C)cc3c2)c1[N+](=O)[O-]. The topological polar surface area (TPSA) is 119 Å². The summed E-state index contributed by atoms with van der Waals surface area (Å²) in [6.07, 6.45) is 3.81. The number of aromatic nitrogens is 3. The summed E-state index contributed by atoms with van der Waals surface area (Å²) >= 11 is 0. The first-order valence-corrected chi connectivity index (χ1v) is 8.24. The van der Waals surface area contributed by atoms with Gasteiger partial charge in [0.2, 0.25) is 0 Å². The summed E-state index contributed by atoms with van der Waals surface area (Å²) < 4.78 is 17.1. The Morgan fingerprint density at radius 3 is 2.46 bits per heavy atom. The van der Waals surface area contributed by atoms with Crippen LogP contribution < -0.4 is 9.47 Å². The quantitative estimate of drug-likeness (QED) is 0.489. The molecule has 0 atom stereocenters. The van der Waals surface area contributed by atoms with Crippen LogP contribution in [0.3, 0.4) is 0 Å². The third-order valence-electron chi connectivity index (χ3n) is 3.56. The summed E-state index contributed by atoms with van der Waals surface area (Å²) in [4.78, 5) is 30.4. The van der Waals surface area contributed by atoms with Crippen molar-refractivity contribution in [2.24, 2.45) is 0 Å². The van der Waals surface area contributed by atoms with Gasteiger partial charge in [-0.05, 0) is 39.0 Å². The van der Waals surface area contributed by atoms with Crippen molar-refractivity contribution >= 4 is 22.6 Å². The third kappa shape index (κ3) is 4.00. The normalized spacial score (nSPS) is 11.3. The molecule has 0 spiro atoms. The number of benzene rings is 1. The van der Waals surface area contributed by atoms with Crippen LogP contribution in [0.2, 0.25) is 0 Å². The van der Waals surface area contributed by atoms with Crippen LogP contribution in [0.1, 0.15) is 20.8 Å². The summed E-state index contributed by atoms with van der Waals surface area (Å²) in [5, 5.41) is 12.8. The highest BCUT2D eigenvalue weighted by atomic mass is 16.6. The highest BCUT2D eigenvalue weighted by Gasteiger charge is 2.26. The maximum Gasteiger partial charge on any atom is 0.418 e. The van der Waals surface area contributed by atoms with E-state index in [9.17, 15) is 14.9 Å². The molecule has 2 aromatic heterocycles. The number of methoxy groups -OCH3 is 1. The molecule has 0 radical (unpaired) electrons. The molecule has 0 saturated heterocycles. The molecular formula is C18H18N4O6. The molecule has 0 bridgehead atoms. The Hall–Kier alpha value is -3.69. The summed E-state index contributed by atoms with van der Waals surface area (Å²) in [5.41, 5.74) is -1.09. The average Bonchev–Trinajstić information content (AvgIpc) is 3.03. The number of rotatable bonds is 4. The van der Waals surface area contributed by atoms with Crippen LogP contribution >= 0.6 is 0 Å². The van der Waals surface area contributed by atoms with Crippen molar-refractivity contribution < 1.29 is 23.9 Å². The molecule has 3 aromatic rings. The predicted octanol–water partition coefficient (Wildman–Crippen LogP) is 3.92. The predicted molar refractivity (Wildman–Crippen MR) is 98.9 cm³/mol. The van der Waals surface area contributed by atoms with Gasteiger partial charge in [0.25, 0.3) is 0 Å². The highest BCUT2D eigenvalue weighted by molar-refractivity contribution is 5.88. The zero-order valence-corrected chi connectivity index (χ0v) is 15.7. The Morgan fingerprint density at radius 1 is 1.14 bits per heavy atom. The van der Waals surface area contributed by atoms with Crippen LogP contribution in [0.25, 0.3) is 10.8 Å². The van der Waals surface area contributed by atoms with Gasteiger partial charge in [-0.2, -0.15) is 9.97 Å². The lowest BCUT2D eigenvalue weighted by molar-refractivity contribution is -0.387. The van der Waals surface area contributed by atoms with Gasteiger partial charge in [-0.15, -0.1) is 0 Å². The van der Waals surface area contributed by atoms with Gasteiger partial charge in [0.15, 0.2) is 0 Å². The molecule has 2 heterocycles. The lowest BCUT2D eigenvalue weighted by atomic mass is 10.2. The molecule has 28 heavy (non-hydrogen) atoms. The van der Waals surface area contributed by atoms with E-state index in [2.05, 4.69) is 9.97 Å². The van der Waals surface area contributed by atoms with E-state index >= 15 is 0 Å². The van der Waals surface area contributed by atoms with Crippen LogP contribution in [0, 0.1) is 10.1 Å². The number of hydrogen-bond acceptors (Lipinski definition) is 8. The lowest BCUT2D eigenvalue weighted by Gasteiger charge is -2.19. The summed E-state index contributed by atoms with van der Waals surface area (Å²) in [6.45, 7) is 5.34. The standard InChI is InChI=1S/C18H18N4O6/c1-18(2,3)28-17(23)21-8-11-5-6-13(7-12(11)9-21)27-16-14(22(24)25)15(26-4)19-10-20-16/h5-10H,1-4H3. The molecule has 1 aromatic carbocycles. The lowest BCUT2D eigenvalue weighted by Crippen LogP contribution is -2.26. The molecule has 0 saturated carbocycles. The zero-order chi connectivity index (χ0) is 20.5. The first kappa shape index (κ1) is 19.1. The van der Waals surface area contributed by atoms with Crippen molar-refractivity contribution in [2.75, 3.05) is 7.11 Å². The Morgan fingerprint density at radius 2 is 1.82 bits per heavy atom. The van der Waals surface area contributed by atoms with Crippen molar-refractivity contribution in [3.05, 3.63) is 47.0 Å². The van der Waals surface area contributed by atoms with Crippen molar-refractivity contribution in [1.29, 1.82) is 0 Å². The van der Waals surface area contributed by atoms with Crippen LogP contribution in [0.15, 0.2) is 36.9 Å². The van der Waals surface area contributed by atoms with Gasteiger partial charge in [0.1, 0.15) is 17.7 Å². The molecule has 146 valence electrons. The van der Waals surface area contributed by atoms with Crippen LogP contribution in [0.4, 0.5) is 10.5 Å². The van der Waals surface area contributed by atoms with Crippen LogP contribution in [-0.4, -0.2) is 38.3 Å². The molecule has 3 rings (SSSR count). The molecule has 0 N–H and O–H groups in total. The molecule has 10 nitrogen and oxygen atoms in total. The highest BCUT2D eigenvalue weighted by Crippen LogP contribution is 2.36. The van der Waals surface area contributed by atoms with Crippen molar-refractivity contribution in [3.63, 3.8) is 0 Å². The molecule has 0 aliphatic carbocycles. The molecule has 0 aliphatic rings. The van der Waals surface area contributed by atoms with Crippen molar-refractivity contribution in [2.45, 2.75) is 26.4 Å². The number of nitrogens with zero attached hydrogens (tertiary/aromatic N) is 4. The maximum atomic E-state index is 12.2. The molecule has 0 amide bonds. The number of fused-ring (bicyclic) bond motifs is 1. The average molecular weight is 386 g/mol. The van der Waals surface area contributed by atoms with E-state index in [1.807, 2.05) is 0 Å². The smallest absolute Gasteiger partial charge is 0.418 e. The van der Waals surface area contributed by atoms with Gasteiger partial charge in [0.05, 0.1) is 12.0 Å². The number of ether oxygens (including phenoxy) is 3. The van der Waals surface area contributed by atoms with Crippen LogP contribution in [-0.2, 0) is 4.74 Å². The van der Waals surface area contributed by atoms with E-state index in [0.717, 1.165) is 11.7 Å². The monoisotopic (exact) mass is 386 g/mol. The van der Waals surface area contributed by atoms with Gasteiger partial charge >= 0.3 is 23.5 Å². The van der Waals surface area contributed by atoms with E-state index in [4.69, 9.17) is 14.2 Å². The summed E-state index contributed by atoms with van der Waals surface area (Å²) in [7, 11) is 1.27. The Balaban J connectivity index is 1.92. The minimum absolute atomic E-state index is 0.202. The molecule has 0 unspecified atom stereocenters. The van der Waals surface area contributed by atoms with Crippen molar-refractivity contribution in [1.82, 2.24) is 14.5 Å². The number of nitro groups is 1. The van der Waals surface area contributed by atoms with E-state index < -0.39 is 22.3 Å². The second-order valence-corrected chi connectivity index (χ2v) is 6.83. The zero-order valence-electron chi connectivity index (χ0n) is 15.7. The van der Waals surface area contributed by atoms with E-state index in [1.165, 1.54) is 11.7 Å². The number of carbonyl (C=O) groups excluding carboxylic acids is 1. The molecular weight excluding hydrogens is 368 g/mol. The van der Waals surface area contributed by atoms with Gasteiger partial charge in [-0.1, -0.05) is 0 Å². The molecule has 0 fully saturated rings. The van der Waals surface area contributed by atoms with Gasteiger partial charge in [-0.3, -0.25) is 14.7 Å². The van der Waals surface area contributed by atoms with Gasteiger partial charge in [0, 0.05) is 23.2 Å². The van der Waals surface area contributed by atoms with Gasteiger partial charge in [-0.25, -0.2) is 4.79 Å². The minimum Gasteiger partial charge on any atom is -0.476 e. The van der Waals surface area contributed by atoms with E-state index in [-0.39, 0.29) is 11.8 Å². The number of hydrogen-bond donors (Lipinski definition) is 0. The fourth-order valence-corrected chi connectivity index (χ4v) is 2.44. The van der Waals surface area contributed by atoms with Gasteiger partial charge < -0.3 is 14.2 Å². The second kappa shape index (κ2) is 7.14. The third-order valence-corrected chi connectivity index (χ3v) is 3.56. The maximum absolute atomic E-state index is 12.2. The Labute approximate surface area is 159 Å². The van der Waals surface area contributed by atoms with Crippen LogP contribution in [0.5, 0.6) is 17.5 Å². The summed E-state index contributed by atoms with van der Waals surface area (Å²) in [5.74, 6) is -0.145. The fourth-order valence-electron chi connectivity index (χ4n) is 2.44. The molecule has 10 heteroatoms. The fraction of sp³-hybridized carbons (Fsp3) is 0.278. The largest absolute Gasteiger partial charge is 0.476 e. The second-order valence-electron chi connectivity index (χ2n) is 6.83. The minimum atomic E-state index is -0.675. The van der Waals surface area contributed by atoms with Crippen molar-refractivity contribution in [3.8, 4) is 17.5 Å². The first-order valence-electron chi connectivity index (χ1n) is 8.24.